The molecule has 110 valence electrons. The first kappa shape index (κ1) is 13.6. The van der Waals surface area contributed by atoms with Crippen molar-refractivity contribution in [2.45, 2.75) is 20.1 Å². The number of hydrogen-bond acceptors (Lipinski definition) is 6. The zero-order valence-electron chi connectivity index (χ0n) is 12.0. The molecule has 2 aromatic heterocycles. The number of hydrogen-bond donors (Lipinski definition) is 2. The zero-order chi connectivity index (χ0) is 15.1. The Morgan fingerprint density at radius 3 is 3.05 bits per heavy atom. The summed E-state index contributed by atoms with van der Waals surface area (Å²) in [5, 5.41) is 12.8. The number of nitrogens with zero attached hydrogens (tertiary/aromatic N) is 3. The third-order valence-corrected chi connectivity index (χ3v) is 3.55. The highest BCUT2D eigenvalue weighted by atomic mass is 16.5. The summed E-state index contributed by atoms with van der Waals surface area (Å²) in [6.07, 6.45) is 2.13. The fourth-order valence-corrected chi connectivity index (χ4v) is 2.43. The monoisotopic (exact) mass is 288 g/mol. The number of rotatable bonds is 2. The Balaban J connectivity index is 2.21. The number of imidazole rings is 1. The first-order valence-corrected chi connectivity index (χ1v) is 6.68. The summed E-state index contributed by atoms with van der Waals surface area (Å²) in [6, 6.07) is 0. The molecule has 0 fully saturated rings. The third kappa shape index (κ3) is 2.06. The molecule has 0 bridgehead atoms. The van der Waals surface area contributed by atoms with Crippen LogP contribution in [0.3, 0.4) is 0 Å². The maximum absolute atomic E-state index is 11.9. The van der Waals surface area contributed by atoms with Crippen LogP contribution in [0.1, 0.15) is 18.3 Å². The fourth-order valence-electron chi connectivity index (χ4n) is 2.43. The van der Waals surface area contributed by atoms with E-state index in [1.807, 2.05) is 18.5 Å². The highest BCUT2D eigenvalue weighted by Gasteiger charge is 2.27. The van der Waals surface area contributed by atoms with Crippen molar-refractivity contribution in [2.24, 2.45) is 7.05 Å². The molecular formula is C14H16N4O3. The number of aromatic nitrogens is 3. The molecular weight excluding hydrogens is 272 g/mol. The van der Waals surface area contributed by atoms with Crippen LogP contribution in [0.15, 0.2) is 11.8 Å². The van der Waals surface area contributed by atoms with E-state index in [-0.39, 0.29) is 12.2 Å². The molecule has 0 aromatic carbocycles. The molecule has 1 unspecified atom stereocenters. The van der Waals surface area contributed by atoms with E-state index in [9.17, 15) is 9.90 Å². The summed E-state index contributed by atoms with van der Waals surface area (Å²) in [5.74, 6) is 0.822. The Labute approximate surface area is 121 Å². The largest absolute Gasteiger partial charge is 0.463 e. The molecule has 1 aliphatic rings. The first-order chi connectivity index (χ1) is 10.0. The van der Waals surface area contributed by atoms with Gasteiger partial charge in [0.2, 0.25) is 0 Å². The molecule has 7 heteroatoms. The van der Waals surface area contributed by atoms with Gasteiger partial charge in [-0.1, -0.05) is 0 Å². The average Bonchev–Trinajstić information content (AvgIpc) is 2.74. The van der Waals surface area contributed by atoms with Crippen LogP contribution in [-0.4, -0.2) is 38.4 Å². The van der Waals surface area contributed by atoms with Crippen LogP contribution < -0.4 is 5.32 Å². The molecule has 0 spiro atoms. The average molecular weight is 288 g/mol. The summed E-state index contributed by atoms with van der Waals surface area (Å²) in [6.45, 7) is 3.87. The molecule has 0 radical (unpaired) electrons. The highest BCUT2D eigenvalue weighted by molar-refractivity contribution is 6.01. The van der Waals surface area contributed by atoms with E-state index in [1.54, 1.807) is 19.2 Å². The molecule has 2 aromatic rings. The number of esters is 1. The lowest BCUT2D eigenvalue weighted by Gasteiger charge is -2.22. The summed E-state index contributed by atoms with van der Waals surface area (Å²) < 4.78 is 6.89. The predicted molar refractivity (Wildman–Crippen MR) is 77.5 cm³/mol. The van der Waals surface area contributed by atoms with E-state index < -0.39 is 12.2 Å². The Kier molecular flexibility index (Phi) is 3.13. The zero-order valence-corrected chi connectivity index (χ0v) is 12.0. The van der Waals surface area contributed by atoms with Gasteiger partial charge < -0.3 is 19.7 Å². The van der Waals surface area contributed by atoms with Crippen LogP contribution in [0.2, 0.25) is 0 Å². The minimum absolute atomic E-state index is 0.164. The van der Waals surface area contributed by atoms with Gasteiger partial charge in [-0.2, -0.15) is 0 Å². The molecule has 2 N–H and O–H groups in total. The lowest BCUT2D eigenvalue weighted by atomic mass is 10.0. The second-order valence-corrected chi connectivity index (χ2v) is 4.84. The molecule has 1 aliphatic heterocycles. The summed E-state index contributed by atoms with van der Waals surface area (Å²) in [4.78, 5) is 20.6. The Bertz CT molecular complexity index is 763. The molecule has 3 rings (SSSR count). The maximum Gasteiger partial charge on any atom is 0.338 e. The Morgan fingerprint density at radius 2 is 2.33 bits per heavy atom. The number of aryl methyl sites for hydroxylation is 2. The van der Waals surface area contributed by atoms with Gasteiger partial charge >= 0.3 is 5.97 Å². The van der Waals surface area contributed by atoms with Gasteiger partial charge in [-0.25, -0.2) is 14.8 Å². The van der Waals surface area contributed by atoms with Gasteiger partial charge in [0.05, 0.1) is 23.9 Å². The minimum atomic E-state index is -1.13. The van der Waals surface area contributed by atoms with Crippen molar-refractivity contribution in [3.05, 3.63) is 23.2 Å². The van der Waals surface area contributed by atoms with Gasteiger partial charge in [0.15, 0.2) is 6.23 Å². The summed E-state index contributed by atoms with van der Waals surface area (Å²) >= 11 is 0. The topological polar surface area (TPSA) is 89.3 Å². The quantitative estimate of drug-likeness (QED) is 0.800. The van der Waals surface area contributed by atoms with E-state index in [4.69, 9.17) is 4.74 Å². The number of pyridine rings is 1. The van der Waals surface area contributed by atoms with Crippen molar-refractivity contribution >= 4 is 28.9 Å². The number of ether oxygens (including phenoxy) is 1. The number of carbonyl (C=O) groups is 1. The lowest BCUT2D eigenvalue weighted by Crippen LogP contribution is -2.30. The number of aliphatic hydroxyl groups excluding tert-OH is 1. The lowest BCUT2D eigenvalue weighted by molar-refractivity contribution is -0.139. The number of fused-ring (bicyclic) bond motifs is 3. The van der Waals surface area contributed by atoms with Crippen LogP contribution in [-0.2, 0) is 16.6 Å². The molecule has 0 saturated heterocycles. The van der Waals surface area contributed by atoms with Gasteiger partial charge in [0.1, 0.15) is 17.2 Å². The molecule has 3 heterocycles. The van der Waals surface area contributed by atoms with Crippen LogP contribution in [0.25, 0.3) is 17.1 Å². The van der Waals surface area contributed by atoms with Crippen LogP contribution >= 0.6 is 0 Å². The number of aliphatic hydroxyl groups is 1. The van der Waals surface area contributed by atoms with E-state index in [2.05, 4.69) is 15.3 Å². The second-order valence-electron chi connectivity index (χ2n) is 4.84. The first-order valence-electron chi connectivity index (χ1n) is 6.68. The summed E-state index contributed by atoms with van der Waals surface area (Å²) in [5.41, 5.74) is 2.49. The highest BCUT2D eigenvalue weighted by Crippen LogP contribution is 2.31. The van der Waals surface area contributed by atoms with Crippen molar-refractivity contribution in [1.29, 1.82) is 0 Å². The van der Waals surface area contributed by atoms with Crippen molar-refractivity contribution in [3.63, 3.8) is 0 Å². The van der Waals surface area contributed by atoms with Crippen molar-refractivity contribution in [1.82, 2.24) is 14.5 Å². The van der Waals surface area contributed by atoms with Crippen molar-refractivity contribution in [3.8, 4) is 0 Å². The summed E-state index contributed by atoms with van der Waals surface area (Å²) in [7, 11) is 1.90. The Hall–Kier alpha value is -2.41. The fraction of sp³-hybridized carbons (Fsp3) is 0.357. The van der Waals surface area contributed by atoms with E-state index in [1.165, 1.54) is 0 Å². The molecule has 0 saturated carbocycles. The smallest absolute Gasteiger partial charge is 0.338 e. The minimum Gasteiger partial charge on any atom is -0.463 e. The number of carbonyl (C=O) groups excluding carboxylic acids is 1. The van der Waals surface area contributed by atoms with E-state index in [0.29, 0.717) is 5.82 Å². The van der Waals surface area contributed by atoms with Crippen LogP contribution in [0, 0.1) is 6.92 Å². The van der Waals surface area contributed by atoms with Gasteiger partial charge in [-0.05, 0) is 19.9 Å². The van der Waals surface area contributed by atoms with Crippen LogP contribution in [0.4, 0.5) is 5.82 Å². The molecule has 1 atom stereocenters. The van der Waals surface area contributed by atoms with Gasteiger partial charge in [-0.15, -0.1) is 0 Å². The standard InChI is InChI=1S/C14H16N4O3/c1-4-21-14(20)9-5-8-11-10(16-7(2)18(11)3)6-15-12(8)17-13(9)19/h5-6,13,19H,4H2,1-3H3,(H,15,17). The number of nitrogens with one attached hydrogen (secondary N) is 1. The van der Waals surface area contributed by atoms with Gasteiger partial charge in [0, 0.05) is 12.6 Å². The second kappa shape index (κ2) is 4.85. The molecule has 7 nitrogen and oxygen atoms in total. The van der Waals surface area contributed by atoms with Gasteiger partial charge in [0.25, 0.3) is 0 Å². The molecule has 0 aliphatic carbocycles. The third-order valence-electron chi connectivity index (χ3n) is 3.55. The number of anilines is 1. The normalized spacial score (nSPS) is 17.1. The predicted octanol–water partition coefficient (Wildman–Crippen LogP) is 0.967. The van der Waals surface area contributed by atoms with E-state index >= 15 is 0 Å². The SMILES string of the molecule is CCOC(=O)C1=Cc2c(ncc3nc(C)n(C)c23)NC1O. The maximum atomic E-state index is 11.9. The van der Waals surface area contributed by atoms with Crippen molar-refractivity contribution < 1.29 is 14.6 Å². The molecule has 0 amide bonds. The molecule has 21 heavy (non-hydrogen) atoms. The van der Waals surface area contributed by atoms with Crippen LogP contribution in [0.5, 0.6) is 0 Å². The Morgan fingerprint density at radius 1 is 1.57 bits per heavy atom. The van der Waals surface area contributed by atoms with E-state index in [0.717, 1.165) is 22.4 Å². The van der Waals surface area contributed by atoms with Crippen molar-refractivity contribution in [2.75, 3.05) is 11.9 Å². The van der Waals surface area contributed by atoms with Gasteiger partial charge in [-0.3, -0.25) is 0 Å².